The van der Waals surface area contributed by atoms with Crippen molar-refractivity contribution in [3.63, 3.8) is 0 Å². The van der Waals surface area contributed by atoms with E-state index < -0.39 is 0 Å². The average Bonchev–Trinajstić information content (AvgIpc) is 3.85. The van der Waals surface area contributed by atoms with Gasteiger partial charge in [-0.1, -0.05) is 168 Å². The van der Waals surface area contributed by atoms with Crippen LogP contribution in [0.15, 0.2) is 158 Å². The molecule has 0 atom stereocenters. The smallest absolute Gasteiger partial charge is 0.333 e. The highest BCUT2D eigenvalue weighted by atomic mass is 15.1. The lowest BCUT2D eigenvalue weighted by molar-refractivity contribution is 0.590. The minimum Gasteiger partial charge on any atom is -0.375 e. The Morgan fingerprint density at radius 3 is 1.49 bits per heavy atom. The monoisotopic (exact) mass is 932 g/mol. The van der Waals surface area contributed by atoms with Crippen molar-refractivity contribution in [2.75, 3.05) is 4.90 Å². The molecule has 0 aliphatic carbocycles. The minimum atomic E-state index is -0.132. The van der Waals surface area contributed by atoms with E-state index in [1.54, 1.807) is 0 Å². The quantitative estimate of drug-likeness (QED) is 0.127. The number of nitrogens with zero attached hydrogens (tertiary/aromatic N) is 3. The summed E-state index contributed by atoms with van der Waals surface area (Å²) < 4.78 is 5.50. The number of hydrogen-bond acceptors (Lipinski definition) is 1. The molecule has 0 bridgehead atoms. The summed E-state index contributed by atoms with van der Waals surface area (Å²) >= 11 is 0. The predicted octanol–water partition coefficient (Wildman–Crippen LogP) is 17.4. The van der Waals surface area contributed by atoms with Gasteiger partial charge in [-0.05, 0) is 155 Å². The van der Waals surface area contributed by atoms with Gasteiger partial charge in [0, 0.05) is 66.0 Å². The highest BCUT2D eigenvalue weighted by Crippen LogP contribution is 2.52. The van der Waals surface area contributed by atoms with Crippen LogP contribution in [0.3, 0.4) is 0 Å². The van der Waals surface area contributed by atoms with Crippen molar-refractivity contribution < 1.29 is 0 Å². The normalized spacial score (nSPS) is 13.8. The van der Waals surface area contributed by atoms with E-state index in [9.17, 15) is 0 Å². The van der Waals surface area contributed by atoms with E-state index in [2.05, 4.69) is 255 Å². The van der Waals surface area contributed by atoms with Crippen molar-refractivity contribution in [3.8, 4) is 16.8 Å². The summed E-state index contributed by atoms with van der Waals surface area (Å²) in [7, 11) is 0. The predicted molar refractivity (Wildman–Crippen MR) is 313 cm³/mol. The lowest BCUT2D eigenvalue weighted by Gasteiger charge is -2.37. The van der Waals surface area contributed by atoms with E-state index in [0.29, 0.717) is 0 Å². The number of hydrogen-bond donors (Lipinski definition) is 0. The van der Waals surface area contributed by atoms with Crippen molar-refractivity contribution in [2.45, 2.75) is 105 Å². The van der Waals surface area contributed by atoms with Crippen LogP contribution >= 0.6 is 0 Å². The third-order valence-electron chi connectivity index (χ3n) is 16.7. The number of anilines is 3. The van der Waals surface area contributed by atoms with Crippen LogP contribution in [0.25, 0.3) is 92.7 Å². The molecule has 4 heteroatoms. The van der Waals surface area contributed by atoms with Gasteiger partial charge in [0.1, 0.15) is 0 Å². The molecule has 2 aromatic heterocycles. The molecule has 0 fully saturated rings. The third-order valence-corrected chi connectivity index (χ3v) is 16.7. The van der Waals surface area contributed by atoms with Crippen LogP contribution in [-0.4, -0.2) is 15.9 Å². The van der Waals surface area contributed by atoms with Crippen LogP contribution in [0.5, 0.6) is 0 Å². The van der Waals surface area contributed by atoms with Crippen molar-refractivity contribution in [1.29, 1.82) is 0 Å². The Morgan fingerprint density at radius 1 is 0.389 bits per heavy atom. The van der Waals surface area contributed by atoms with Gasteiger partial charge in [-0.15, -0.1) is 0 Å². The number of aromatic nitrogens is 2. The SMILES string of the molecule is CC(C)(C)c1cc2ccc3c4c5c(c6ccc(c1)c2c36)-n1c2ccc(C(C)(C)C)cc2c2cc(N(c3ccccc3)c3ccccc3)cc(c21)B5n1c2ccc(C(C)(C)C)cc2c2cc(C(C)(C)C)cc-4c21. The second kappa shape index (κ2) is 14.2. The summed E-state index contributed by atoms with van der Waals surface area (Å²) in [6.45, 7) is 28.1. The van der Waals surface area contributed by atoms with Crippen LogP contribution in [-0.2, 0) is 21.7 Å². The Bertz CT molecular complexity index is 4230. The number of para-hydroxylation sites is 2. The first-order valence-electron chi connectivity index (χ1n) is 26.2. The van der Waals surface area contributed by atoms with E-state index in [4.69, 9.17) is 0 Å². The Labute approximate surface area is 424 Å². The standard InChI is InChI=1S/C68H62BN3/c1-65(2,3)41-25-29-56-50(33-41)53-37-47(70(45-19-15-13-16-20-45)46-21-17-14-18-22-46)38-55-63(53)71(56)64-49-28-24-40-32-43(67(7,8)9)31-39-23-27-48(59(49)58(39)40)60-54-36-44(68(10,11)12)35-52-51-34-42(66(4,5)6)26-30-57(51)72(62(52)54)69(55)61(60)64/h13-38H,1-12H3. The maximum absolute atomic E-state index is 2.79. The highest BCUT2D eigenvalue weighted by molar-refractivity contribution is 6.91. The van der Waals surface area contributed by atoms with Gasteiger partial charge in [0.15, 0.2) is 0 Å². The fourth-order valence-electron chi connectivity index (χ4n) is 13.0. The molecule has 0 N–H and O–H groups in total. The molecule has 0 spiro atoms. The molecule has 0 saturated carbocycles. The second-order valence-electron chi connectivity index (χ2n) is 25.5. The summed E-state index contributed by atoms with van der Waals surface area (Å²) in [6.07, 6.45) is 0. The fourth-order valence-corrected chi connectivity index (χ4v) is 13.0. The third kappa shape index (κ3) is 5.93. The van der Waals surface area contributed by atoms with E-state index in [1.807, 2.05) is 0 Å². The zero-order chi connectivity index (χ0) is 49.7. The molecule has 12 aromatic rings. The topological polar surface area (TPSA) is 13.1 Å². The second-order valence-corrected chi connectivity index (χ2v) is 25.5. The lowest BCUT2D eigenvalue weighted by atomic mass is 9.45. The van der Waals surface area contributed by atoms with E-state index >= 15 is 0 Å². The van der Waals surface area contributed by atoms with Gasteiger partial charge in [-0.2, -0.15) is 0 Å². The van der Waals surface area contributed by atoms with Gasteiger partial charge in [0.25, 0.3) is 0 Å². The Balaban J connectivity index is 1.24. The summed E-state index contributed by atoms with van der Waals surface area (Å²) in [4.78, 5) is 2.47. The molecule has 352 valence electrons. The molecule has 0 unspecified atom stereocenters. The van der Waals surface area contributed by atoms with Crippen LogP contribution in [0.2, 0.25) is 0 Å². The number of rotatable bonds is 3. The maximum atomic E-state index is 2.79. The van der Waals surface area contributed by atoms with Crippen LogP contribution < -0.4 is 15.8 Å². The Morgan fingerprint density at radius 2 is 0.903 bits per heavy atom. The highest BCUT2D eigenvalue weighted by Gasteiger charge is 2.44. The van der Waals surface area contributed by atoms with Gasteiger partial charge in [-0.3, -0.25) is 0 Å². The molecular weight excluding hydrogens is 870 g/mol. The average molecular weight is 932 g/mol. The first-order valence-corrected chi connectivity index (χ1v) is 26.2. The van der Waals surface area contributed by atoms with Crippen molar-refractivity contribution in [3.05, 3.63) is 180 Å². The molecule has 0 amide bonds. The minimum absolute atomic E-state index is 0.0157. The molecule has 72 heavy (non-hydrogen) atoms. The first kappa shape index (κ1) is 43.5. The molecule has 10 aromatic carbocycles. The number of fused-ring (bicyclic) bond motifs is 12. The van der Waals surface area contributed by atoms with Crippen molar-refractivity contribution in [1.82, 2.24) is 9.05 Å². The van der Waals surface area contributed by atoms with Gasteiger partial charge in [0.05, 0.1) is 16.7 Å². The number of benzene rings is 10. The first-order chi connectivity index (χ1) is 34.3. The summed E-state index contributed by atoms with van der Waals surface area (Å²) in [6, 6.07) is 61.7. The Kier molecular flexibility index (Phi) is 8.59. The molecule has 2 aliphatic heterocycles. The summed E-state index contributed by atoms with van der Waals surface area (Å²) in [5, 5.41) is 13.3. The van der Waals surface area contributed by atoms with Gasteiger partial charge in [0.2, 0.25) is 0 Å². The fraction of sp³-hybridized carbons (Fsp3) is 0.235. The largest absolute Gasteiger partial charge is 0.375 e. The van der Waals surface area contributed by atoms with Crippen molar-refractivity contribution >= 4 is 111 Å². The zero-order valence-corrected chi connectivity index (χ0v) is 43.9. The Hall–Kier alpha value is -7.30. The molecule has 3 nitrogen and oxygen atoms in total. The van der Waals surface area contributed by atoms with E-state index in [-0.39, 0.29) is 28.5 Å². The van der Waals surface area contributed by atoms with Crippen LogP contribution in [0, 0.1) is 0 Å². The zero-order valence-electron chi connectivity index (χ0n) is 43.9. The lowest BCUT2D eigenvalue weighted by Crippen LogP contribution is -2.55. The molecular formula is C68H62BN3. The summed E-state index contributed by atoms with van der Waals surface area (Å²) in [5.74, 6) is 0. The maximum Gasteiger partial charge on any atom is 0.333 e. The van der Waals surface area contributed by atoms with E-state index in [0.717, 1.165) is 17.1 Å². The van der Waals surface area contributed by atoms with Crippen LogP contribution in [0.1, 0.15) is 105 Å². The molecule has 4 heterocycles. The van der Waals surface area contributed by atoms with Crippen molar-refractivity contribution in [2.24, 2.45) is 0 Å². The molecule has 0 radical (unpaired) electrons. The van der Waals surface area contributed by atoms with Gasteiger partial charge >= 0.3 is 6.85 Å². The van der Waals surface area contributed by atoms with Crippen LogP contribution in [0.4, 0.5) is 17.1 Å². The molecule has 2 aliphatic rings. The molecule has 14 rings (SSSR count). The van der Waals surface area contributed by atoms with E-state index in [1.165, 1.54) is 126 Å². The van der Waals surface area contributed by atoms with Gasteiger partial charge in [-0.25, -0.2) is 0 Å². The molecule has 0 saturated heterocycles. The summed E-state index contributed by atoms with van der Waals surface area (Å²) in [5.41, 5.74) is 20.6. The van der Waals surface area contributed by atoms with Gasteiger partial charge < -0.3 is 13.9 Å².